The molecular weight excluding hydrogens is 586 g/mol. The molecule has 0 unspecified atom stereocenters. The molecule has 0 saturated heterocycles. The molecule has 45 heavy (non-hydrogen) atoms. The summed E-state index contributed by atoms with van der Waals surface area (Å²) in [4.78, 5) is 29.7. The van der Waals surface area contributed by atoms with Crippen LogP contribution in [0.4, 0.5) is 5.69 Å². The van der Waals surface area contributed by atoms with Crippen LogP contribution in [-0.2, 0) is 32.6 Å². The van der Waals surface area contributed by atoms with Gasteiger partial charge in [0, 0.05) is 19.5 Å². The smallest absolute Gasteiger partial charge is 0.264 e. The van der Waals surface area contributed by atoms with E-state index in [1.807, 2.05) is 81.4 Å². The maximum atomic E-state index is 14.5. The average molecular weight is 628 g/mol. The number of carbonyl (C=O) groups excluding carboxylic acids is 2. The number of hydrogen-bond acceptors (Lipinski definition) is 5. The lowest BCUT2D eigenvalue weighted by molar-refractivity contribution is -0.140. The molecule has 0 aliphatic rings. The molecule has 0 spiro atoms. The summed E-state index contributed by atoms with van der Waals surface area (Å²) in [5, 5.41) is 2.96. The third-order valence-electron chi connectivity index (χ3n) is 7.34. The van der Waals surface area contributed by atoms with Gasteiger partial charge in [0.15, 0.2) is 0 Å². The van der Waals surface area contributed by atoms with Crippen molar-refractivity contribution in [3.8, 4) is 5.75 Å². The molecule has 0 fully saturated rings. The van der Waals surface area contributed by atoms with Crippen molar-refractivity contribution in [2.24, 2.45) is 0 Å². The maximum Gasteiger partial charge on any atom is 0.264 e. The molecule has 8 nitrogen and oxygen atoms in total. The van der Waals surface area contributed by atoms with E-state index in [-0.39, 0.29) is 23.8 Å². The SMILES string of the molecule is CCCNC(=O)[C@H](Cc1ccccc1)N(Cc1ccccc1)C(=O)CN(c1ccc(OCC)cc1)S(=O)(=O)c1ccc(C)cc1. The third-order valence-corrected chi connectivity index (χ3v) is 9.13. The van der Waals surface area contributed by atoms with Gasteiger partial charge in [0.25, 0.3) is 10.0 Å². The predicted molar refractivity (Wildman–Crippen MR) is 178 cm³/mol. The Morgan fingerprint density at radius 2 is 1.40 bits per heavy atom. The van der Waals surface area contributed by atoms with Crippen molar-refractivity contribution in [1.82, 2.24) is 10.2 Å². The second-order valence-electron chi connectivity index (χ2n) is 10.8. The summed E-state index contributed by atoms with van der Waals surface area (Å²) in [5.41, 5.74) is 2.92. The summed E-state index contributed by atoms with van der Waals surface area (Å²) in [6, 6.07) is 31.2. The molecule has 236 valence electrons. The van der Waals surface area contributed by atoms with Crippen molar-refractivity contribution >= 4 is 27.5 Å². The van der Waals surface area contributed by atoms with E-state index in [9.17, 15) is 18.0 Å². The number of nitrogens with zero attached hydrogens (tertiary/aromatic N) is 2. The summed E-state index contributed by atoms with van der Waals surface area (Å²) < 4.78 is 35.0. The lowest BCUT2D eigenvalue weighted by Crippen LogP contribution is -2.53. The number of aryl methyl sites for hydroxylation is 1. The highest BCUT2D eigenvalue weighted by Crippen LogP contribution is 2.27. The Morgan fingerprint density at radius 1 is 0.800 bits per heavy atom. The van der Waals surface area contributed by atoms with E-state index >= 15 is 0 Å². The van der Waals surface area contributed by atoms with Crippen LogP contribution in [0.25, 0.3) is 0 Å². The van der Waals surface area contributed by atoms with E-state index in [2.05, 4.69) is 5.32 Å². The van der Waals surface area contributed by atoms with Gasteiger partial charge in [-0.3, -0.25) is 13.9 Å². The predicted octanol–water partition coefficient (Wildman–Crippen LogP) is 5.76. The van der Waals surface area contributed by atoms with Crippen molar-refractivity contribution in [2.75, 3.05) is 24.0 Å². The minimum atomic E-state index is -4.17. The molecule has 0 aliphatic carbocycles. The van der Waals surface area contributed by atoms with Crippen molar-refractivity contribution in [2.45, 2.75) is 51.1 Å². The largest absolute Gasteiger partial charge is 0.494 e. The molecule has 4 aromatic rings. The Kier molecular flexibility index (Phi) is 11.8. The minimum absolute atomic E-state index is 0.0610. The molecule has 0 aromatic heterocycles. The number of anilines is 1. The number of hydrogen-bond donors (Lipinski definition) is 1. The Bertz CT molecular complexity index is 1630. The fourth-order valence-electron chi connectivity index (χ4n) is 4.94. The van der Waals surface area contributed by atoms with Crippen molar-refractivity contribution in [3.05, 3.63) is 126 Å². The third kappa shape index (κ3) is 8.95. The van der Waals surface area contributed by atoms with Crippen LogP contribution in [0, 0.1) is 6.92 Å². The van der Waals surface area contributed by atoms with Crippen LogP contribution in [0.15, 0.2) is 114 Å². The first-order valence-corrected chi connectivity index (χ1v) is 16.6. The highest BCUT2D eigenvalue weighted by Gasteiger charge is 2.34. The molecule has 1 atom stereocenters. The average Bonchev–Trinajstić information content (AvgIpc) is 3.05. The molecule has 0 bridgehead atoms. The standard InChI is InChI=1S/C36H41N3O5S/c1-4-24-37-36(41)34(25-29-12-8-6-9-13-29)38(26-30-14-10-7-11-15-30)35(40)27-39(31-18-20-32(21-19-31)44-5-2)45(42,43)33-22-16-28(3)17-23-33/h6-23,34H,4-5,24-27H2,1-3H3,(H,37,41)/t34-/m0/s1. The molecule has 0 heterocycles. The van der Waals surface area contributed by atoms with Crippen LogP contribution in [0.3, 0.4) is 0 Å². The first kappa shape index (κ1) is 33.3. The second kappa shape index (κ2) is 15.9. The Labute approximate surface area is 266 Å². The lowest BCUT2D eigenvalue weighted by Gasteiger charge is -2.34. The van der Waals surface area contributed by atoms with Crippen molar-refractivity contribution < 1.29 is 22.7 Å². The van der Waals surface area contributed by atoms with Gasteiger partial charge in [-0.25, -0.2) is 8.42 Å². The van der Waals surface area contributed by atoms with E-state index in [0.717, 1.165) is 27.4 Å². The van der Waals surface area contributed by atoms with E-state index in [0.29, 0.717) is 24.6 Å². The summed E-state index contributed by atoms with van der Waals surface area (Å²) >= 11 is 0. The van der Waals surface area contributed by atoms with Gasteiger partial charge in [-0.05, 0) is 67.8 Å². The fourth-order valence-corrected chi connectivity index (χ4v) is 6.36. The van der Waals surface area contributed by atoms with E-state index in [1.54, 1.807) is 36.4 Å². The number of nitrogens with one attached hydrogen (secondary N) is 1. The zero-order valence-corrected chi connectivity index (χ0v) is 26.9. The van der Waals surface area contributed by atoms with Gasteiger partial charge in [0.1, 0.15) is 18.3 Å². The zero-order chi connectivity index (χ0) is 32.2. The van der Waals surface area contributed by atoms with Crippen LogP contribution in [-0.4, -0.2) is 50.9 Å². The molecule has 0 radical (unpaired) electrons. The second-order valence-corrected chi connectivity index (χ2v) is 12.6. The highest BCUT2D eigenvalue weighted by molar-refractivity contribution is 7.92. The lowest BCUT2D eigenvalue weighted by atomic mass is 10.0. The Morgan fingerprint density at radius 3 is 1.98 bits per heavy atom. The van der Waals surface area contributed by atoms with Gasteiger partial charge in [-0.1, -0.05) is 85.3 Å². The van der Waals surface area contributed by atoms with E-state index in [4.69, 9.17) is 4.74 Å². The number of rotatable bonds is 15. The van der Waals surface area contributed by atoms with Crippen molar-refractivity contribution in [3.63, 3.8) is 0 Å². The molecule has 0 saturated carbocycles. The Balaban J connectivity index is 1.78. The monoisotopic (exact) mass is 627 g/mol. The van der Waals surface area contributed by atoms with Gasteiger partial charge >= 0.3 is 0 Å². The number of carbonyl (C=O) groups is 2. The van der Waals surface area contributed by atoms with E-state index in [1.165, 1.54) is 17.0 Å². The molecule has 2 amide bonds. The summed E-state index contributed by atoms with van der Waals surface area (Å²) in [6.45, 7) is 6.23. The van der Waals surface area contributed by atoms with Gasteiger partial charge < -0.3 is 15.0 Å². The maximum absolute atomic E-state index is 14.5. The van der Waals surface area contributed by atoms with Gasteiger partial charge in [0.05, 0.1) is 17.2 Å². The van der Waals surface area contributed by atoms with Crippen LogP contribution in [0.1, 0.15) is 37.0 Å². The summed E-state index contributed by atoms with van der Waals surface area (Å²) in [7, 11) is -4.17. The zero-order valence-electron chi connectivity index (χ0n) is 26.1. The molecular formula is C36H41N3O5S. The van der Waals surface area contributed by atoms with Crippen LogP contribution in [0.5, 0.6) is 5.75 Å². The summed E-state index contributed by atoms with van der Waals surface area (Å²) in [6.07, 6.45) is 0.999. The first-order valence-electron chi connectivity index (χ1n) is 15.2. The van der Waals surface area contributed by atoms with Gasteiger partial charge in [-0.2, -0.15) is 0 Å². The molecule has 4 rings (SSSR count). The Hall–Kier alpha value is -4.63. The minimum Gasteiger partial charge on any atom is -0.494 e. The topological polar surface area (TPSA) is 96.0 Å². The molecule has 0 aliphatic heterocycles. The van der Waals surface area contributed by atoms with Gasteiger partial charge in [-0.15, -0.1) is 0 Å². The van der Waals surface area contributed by atoms with Crippen LogP contribution >= 0.6 is 0 Å². The molecule has 4 aromatic carbocycles. The number of sulfonamides is 1. The quantitative estimate of drug-likeness (QED) is 0.181. The molecule has 9 heteroatoms. The van der Waals surface area contributed by atoms with E-state index < -0.39 is 28.5 Å². The van der Waals surface area contributed by atoms with Crippen molar-refractivity contribution in [1.29, 1.82) is 0 Å². The van der Waals surface area contributed by atoms with Gasteiger partial charge in [0.2, 0.25) is 11.8 Å². The fraction of sp³-hybridized carbons (Fsp3) is 0.278. The summed E-state index contributed by atoms with van der Waals surface area (Å²) in [5.74, 6) is -0.212. The van der Waals surface area contributed by atoms with Crippen LogP contribution in [0.2, 0.25) is 0 Å². The first-order chi connectivity index (χ1) is 21.7. The number of benzene rings is 4. The molecule has 1 N–H and O–H groups in total. The normalized spacial score (nSPS) is 11.8. The number of ether oxygens (including phenoxy) is 1. The van der Waals surface area contributed by atoms with Crippen LogP contribution < -0.4 is 14.4 Å². The number of amides is 2. The highest BCUT2D eigenvalue weighted by atomic mass is 32.2.